The van der Waals surface area contributed by atoms with Crippen LogP contribution in [0.25, 0.3) is 0 Å². The van der Waals surface area contributed by atoms with Crippen molar-refractivity contribution in [2.45, 2.75) is 38.8 Å². The fourth-order valence-corrected chi connectivity index (χ4v) is 3.15. The second-order valence-electron chi connectivity index (χ2n) is 5.74. The zero-order chi connectivity index (χ0) is 14.1. The Morgan fingerprint density at radius 1 is 1.20 bits per heavy atom. The maximum atomic E-state index is 9.91. The van der Waals surface area contributed by atoms with Gasteiger partial charge in [-0.2, -0.15) is 0 Å². The number of hydrogen-bond donors (Lipinski definition) is 2. The van der Waals surface area contributed by atoms with Crippen LogP contribution in [0.4, 0.5) is 0 Å². The highest BCUT2D eigenvalue weighted by Gasteiger charge is 2.25. The monoisotopic (exact) mass is 267 g/mol. The van der Waals surface area contributed by atoms with Crippen molar-refractivity contribution in [2.75, 3.05) is 0 Å². The van der Waals surface area contributed by atoms with Gasteiger partial charge in [0.1, 0.15) is 5.75 Å². The maximum absolute atomic E-state index is 9.91. The molecule has 0 amide bonds. The van der Waals surface area contributed by atoms with Gasteiger partial charge < -0.3 is 10.4 Å². The first-order valence-electron chi connectivity index (χ1n) is 7.28. The quantitative estimate of drug-likeness (QED) is 0.879. The smallest absolute Gasteiger partial charge is 0.119 e. The van der Waals surface area contributed by atoms with Crippen LogP contribution in [0.3, 0.4) is 0 Å². The summed E-state index contributed by atoms with van der Waals surface area (Å²) < 4.78 is 0. The van der Waals surface area contributed by atoms with E-state index in [1.165, 1.54) is 16.7 Å². The first kappa shape index (κ1) is 13.2. The largest absolute Gasteiger partial charge is 0.508 e. The van der Waals surface area contributed by atoms with E-state index in [1.807, 2.05) is 6.07 Å². The van der Waals surface area contributed by atoms with Crippen LogP contribution in [-0.4, -0.2) is 5.11 Å². The van der Waals surface area contributed by atoms with E-state index in [2.05, 4.69) is 49.5 Å². The van der Waals surface area contributed by atoms with Crippen LogP contribution in [0, 0.1) is 6.92 Å². The first-order chi connectivity index (χ1) is 9.65. The van der Waals surface area contributed by atoms with Crippen LogP contribution >= 0.6 is 0 Å². The summed E-state index contributed by atoms with van der Waals surface area (Å²) >= 11 is 0. The Kier molecular flexibility index (Phi) is 3.49. The number of phenolic OH excluding ortho intramolecular Hbond substituents is 1. The van der Waals surface area contributed by atoms with E-state index in [0.29, 0.717) is 17.8 Å². The molecule has 2 heteroatoms. The number of hydrogen-bond acceptors (Lipinski definition) is 2. The summed E-state index contributed by atoms with van der Waals surface area (Å²) in [6.07, 6.45) is 2.02. The van der Waals surface area contributed by atoms with Gasteiger partial charge in [-0.15, -0.1) is 0 Å². The molecule has 2 N–H and O–H groups in total. The van der Waals surface area contributed by atoms with Crippen LogP contribution in [0.5, 0.6) is 5.75 Å². The van der Waals surface area contributed by atoms with E-state index in [4.69, 9.17) is 0 Å². The highest BCUT2D eigenvalue weighted by molar-refractivity contribution is 5.44. The number of fused-ring (bicyclic) bond motifs is 1. The van der Waals surface area contributed by atoms with Crippen molar-refractivity contribution in [1.29, 1.82) is 0 Å². The Morgan fingerprint density at radius 2 is 2.00 bits per heavy atom. The Hall–Kier alpha value is -1.80. The van der Waals surface area contributed by atoms with Crippen molar-refractivity contribution in [2.24, 2.45) is 0 Å². The minimum Gasteiger partial charge on any atom is -0.508 e. The molecule has 0 heterocycles. The molecule has 0 spiro atoms. The Labute approximate surface area is 120 Å². The second-order valence-corrected chi connectivity index (χ2v) is 5.74. The van der Waals surface area contributed by atoms with E-state index < -0.39 is 0 Å². The zero-order valence-electron chi connectivity index (χ0n) is 12.1. The molecule has 2 aromatic rings. The second kappa shape index (κ2) is 5.29. The van der Waals surface area contributed by atoms with Gasteiger partial charge in [0.25, 0.3) is 0 Å². The predicted octanol–water partition coefficient (Wildman–Crippen LogP) is 4.04. The lowest BCUT2D eigenvalue weighted by Gasteiger charge is -2.21. The van der Waals surface area contributed by atoms with Crippen LogP contribution in [0.15, 0.2) is 42.5 Å². The molecule has 2 atom stereocenters. The summed E-state index contributed by atoms with van der Waals surface area (Å²) in [5.41, 5.74) is 4.98. The molecule has 1 unspecified atom stereocenters. The lowest BCUT2D eigenvalue weighted by Crippen LogP contribution is -2.23. The molecule has 0 fully saturated rings. The predicted molar refractivity (Wildman–Crippen MR) is 81.9 cm³/mol. The minimum absolute atomic E-state index is 0.313. The van der Waals surface area contributed by atoms with Gasteiger partial charge in [-0.3, -0.25) is 0 Å². The standard InChI is InChI=1S/C18H21NO/c1-12-5-3-6-14(11-12)13(2)19-17-10-9-16-15(17)7-4-8-18(16)20/h3-8,11,13,17,19-20H,9-10H2,1-2H3/t13-,17?/m1/s1. The average molecular weight is 267 g/mol. The van der Waals surface area contributed by atoms with E-state index >= 15 is 0 Å². The van der Waals surface area contributed by atoms with Crippen LogP contribution in [0.1, 0.15) is 47.7 Å². The van der Waals surface area contributed by atoms with E-state index in [0.717, 1.165) is 18.4 Å². The van der Waals surface area contributed by atoms with E-state index in [9.17, 15) is 5.11 Å². The van der Waals surface area contributed by atoms with Gasteiger partial charge in [0.05, 0.1) is 0 Å². The minimum atomic E-state index is 0.313. The molecule has 2 aromatic carbocycles. The molecule has 104 valence electrons. The fraction of sp³-hybridized carbons (Fsp3) is 0.333. The highest BCUT2D eigenvalue weighted by atomic mass is 16.3. The molecule has 0 radical (unpaired) electrons. The molecular weight excluding hydrogens is 246 g/mol. The topological polar surface area (TPSA) is 32.3 Å². The van der Waals surface area contributed by atoms with Crippen molar-refractivity contribution in [3.8, 4) is 5.75 Å². The molecule has 1 aliphatic rings. The lowest BCUT2D eigenvalue weighted by atomic mass is 10.0. The summed E-state index contributed by atoms with van der Waals surface area (Å²) in [7, 11) is 0. The van der Waals surface area contributed by atoms with Gasteiger partial charge in [-0.25, -0.2) is 0 Å². The number of aromatic hydroxyl groups is 1. The van der Waals surface area contributed by atoms with E-state index in [1.54, 1.807) is 6.07 Å². The third kappa shape index (κ3) is 2.44. The molecular formula is C18H21NO. The number of aryl methyl sites for hydroxylation is 1. The van der Waals surface area contributed by atoms with Crippen LogP contribution in [0.2, 0.25) is 0 Å². The highest BCUT2D eigenvalue weighted by Crippen LogP contribution is 2.37. The molecule has 0 saturated carbocycles. The van der Waals surface area contributed by atoms with Gasteiger partial charge in [-0.05, 0) is 49.4 Å². The van der Waals surface area contributed by atoms with Crippen LogP contribution < -0.4 is 5.32 Å². The summed E-state index contributed by atoms with van der Waals surface area (Å²) in [6.45, 7) is 4.33. The maximum Gasteiger partial charge on any atom is 0.119 e. The van der Waals surface area contributed by atoms with Crippen molar-refractivity contribution in [3.05, 3.63) is 64.7 Å². The van der Waals surface area contributed by atoms with E-state index in [-0.39, 0.29) is 0 Å². The number of phenols is 1. The lowest BCUT2D eigenvalue weighted by molar-refractivity contribution is 0.465. The summed E-state index contributed by atoms with van der Waals surface area (Å²) in [5, 5.41) is 13.6. The van der Waals surface area contributed by atoms with Crippen molar-refractivity contribution >= 4 is 0 Å². The molecule has 0 aromatic heterocycles. The number of rotatable bonds is 3. The average Bonchev–Trinajstić information content (AvgIpc) is 2.83. The third-order valence-electron chi connectivity index (χ3n) is 4.24. The molecule has 1 aliphatic carbocycles. The van der Waals surface area contributed by atoms with Gasteiger partial charge >= 0.3 is 0 Å². The van der Waals surface area contributed by atoms with Crippen molar-refractivity contribution in [3.63, 3.8) is 0 Å². The number of nitrogens with one attached hydrogen (secondary N) is 1. The van der Waals surface area contributed by atoms with Gasteiger partial charge in [0.15, 0.2) is 0 Å². The summed E-state index contributed by atoms with van der Waals surface area (Å²) in [5.74, 6) is 0.440. The molecule has 2 nitrogen and oxygen atoms in total. The Balaban J connectivity index is 1.79. The molecule has 0 aliphatic heterocycles. The molecule has 20 heavy (non-hydrogen) atoms. The molecule has 0 saturated heterocycles. The first-order valence-corrected chi connectivity index (χ1v) is 7.28. The SMILES string of the molecule is Cc1cccc([C@@H](C)NC2CCc3c(O)cccc32)c1. The van der Waals surface area contributed by atoms with Crippen molar-refractivity contribution in [1.82, 2.24) is 5.32 Å². The molecule has 0 bridgehead atoms. The normalized spacial score (nSPS) is 18.8. The summed E-state index contributed by atoms with van der Waals surface area (Å²) in [6, 6.07) is 15.1. The number of benzene rings is 2. The zero-order valence-corrected chi connectivity index (χ0v) is 12.1. The van der Waals surface area contributed by atoms with Crippen molar-refractivity contribution < 1.29 is 5.11 Å². The Morgan fingerprint density at radius 3 is 2.80 bits per heavy atom. The van der Waals surface area contributed by atoms with Gasteiger partial charge in [0.2, 0.25) is 0 Å². The summed E-state index contributed by atoms with van der Waals surface area (Å²) in [4.78, 5) is 0. The fourth-order valence-electron chi connectivity index (χ4n) is 3.15. The van der Waals surface area contributed by atoms with Gasteiger partial charge in [-0.1, -0.05) is 42.0 Å². The molecule has 3 rings (SSSR count). The van der Waals surface area contributed by atoms with Crippen LogP contribution in [-0.2, 0) is 6.42 Å². The van der Waals surface area contributed by atoms with Gasteiger partial charge in [0, 0.05) is 12.1 Å². The Bertz CT molecular complexity index is 621. The third-order valence-corrected chi connectivity index (χ3v) is 4.24.